The molecule has 1 rings (SSSR count). The van der Waals surface area contributed by atoms with E-state index in [1.165, 1.54) is 0 Å². The highest BCUT2D eigenvalue weighted by Crippen LogP contribution is 2.16. The van der Waals surface area contributed by atoms with E-state index in [0.717, 1.165) is 26.2 Å². The zero-order chi connectivity index (χ0) is 15.3. The number of piperazine rings is 1. The SMILES string of the molecule is CC(C)C[C@H](NC(=O)C(C)(C)N1CCNCC1)C(=O)O. The molecule has 1 aliphatic rings. The lowest BCUT2D eigenvalue weighted by atomic mass is 9.98. The summed E-state index contributed by atoms with van der Waals surface area (Å²) in [6, 6.07) is -0.815. The van der Waals surface area contributed by atoms with Gasteiger partial charge in [-0.25, -0.2) is 4.79 Å². The monoisotopic (exact) mass is 285 g/mol. The zero-order valence-electron chi connectivity index (χ0n) is 12.9. The Morgan fingerprint density at radius 1 is 1.30 bits per heavy atom. The number of hydrogen-bond acceptors (Lipinski definition) is 4. The number of amides is 1. The van der Waals surface area contributed by atoms with Crippen molar-refractivity contribution in [2.45, 2.75) is 45.7 Å². The van der Waals surface area contributed by atoms with Crippen molar-refractivity contribution in [3.8, 4) is 0 Å². The van der Waals surface area contributed by atoms with Gasteiger partial charge in [-0.2, -0.15) is 0 Å². The van der Waals surface area contributed by atoms with E-state index < -0.39 is 17.6 Å². The third kappa shape index (κ3) is 4.45. The first-order valence-electron chi connectivity index (χ1n) is 7.24. The summed E-state index contributed by atoms with van der Waals surface area (Å²) in [4.78, 5) is 25.7. The van der Waals surface area contributed by atoms with Crippen molar-refractivity contribution in [1.82, 2.24) is 15.5 Å². The fraction of sp³-hybridized carbons (Fsp3) is 0.857. The largest absolute Gasteiger partial charge is 0.480 e. The number of rotatable bonds is 6. The second-order valence-electron chi connectivity index (χ2n) is 6.29. The van der Waals surface area contributed by atoms with Crippen molar-refractivity contribution in [3.63, 3.8) is 0 Å². The Morgan fingerprint density at radius 2 is 1.85 bits per heavy atom. The van der Waals surface area contributed by atoms with Gasteiger partial charge in [-0.05, 0) is 26.2 Å². The Labute approximate surface area is 120 Å². The Bertz CT molecular complexity index is 350. The molecule has 1 heterocycles. The van der Waals surface area contributed by atoms with E-state index in [9.17, 15) is 14.7 Å². The predicted molar refractivity (Wildman–Crippen MR) is 77.5 cm³/mol. The molecule has 1 saturated heterocycles. The molecule has 0 radical (unpaired) electrons. The molecule has 1 aliphatic heterocycles. The molecule has 0 aliphatic carbocycles. The van der Waals surface area contributed by atoms with Crippen molar-refractivity contribution in [1.29, 1.82) is 0 Å². The minimum atomic E-state index is -0.969. The molecule has 0 bridgehead atoms. The van der Waals surface area contributed by atoms with Crippen molar-refractivity contribution in [3.05, 3.63) is 0 Å². The van der Waals surface area contributed by atoms with Crippen LogP contribution in [0.3, 0.4) is 0 Å². The van der Waals surface area contributed by atoms with Crippen LogP contribution in [0.5, 0.6) is 0 Å². The fourth-order valence-corrected chi connectivity index (χ4v) is 2.40. The summed E-state index contributed by atoms with van der Waals surface area (Å²) in [6.45, 7) is 10.9. The number of hydrogen-bond donors (Lipinski definition) is 3. The van der Waals surface area contributed by atoms with Crippen LogP contribution in [0.15, 0.2) is 0 Å². The van der Waals surface area contributed by atoms with E-state index in [1.807, 2.05) is 27.7 Å². The highest BCUT2D eigenvalue weighted by atomic mass is 16.4. The molecule has 6 nitrogen and oxygen atoms in total. The van der Waals surface area contributed by atoms with Gasteiger partial charge in [0, 0.05) is 26.2 Å². The number of carboxylic acids is 1. The lowest BCUT2D eigenvalue weighted by molar-refractivity contribution is -0.144. The second kappa shape index (κ2) is 7.04. The highest BCUT2D eigenvalue weighted by molar-refractivity contribution is 5.89. The van der Waals surface area contributed by atoms with Crippen molar-refractivity contribution >= 4 is 11.9 Å². The zero-order valence-corrected chi connectivity index (χ0v) is 12.9. The first-order valence-corrected chi connectivity index (χ1v) is 7.24. The number of nitrogens with zero attached hydrogens (tertiary/aromatic N) is 1. The molecule has 0 aromatic rings. The Morgan fingerprint density at radius 3 is 2.30 bits per heavy atom. The molecule has 116 valence electrons. The van der Waals surface area contributed by atoms with E-state index >= 15 is 0 Å². The lowest BCUT2D eigenvalue weighted by Gasteiger charge is -2.40. The standard InChI is InChI=1S/C14H27N3O3/c1-10(2)9-11(12(18)19)16-13(20)14(3,4)17-7-5-15-6-8-17/h10-11,15H,5-9H2,1-4H3,(H,16,20)(H,18,19)/t11-/m0/s1. The molecule has 0 spiro atoms. The summed E-state index contributed by atoms with van der Waals surface area (Å²) < 4.78 is 0. The first-order chi connectivity index (χ1) is 9.25. The van der Waals surface area contributed by atoms with Gasteiger partial charge in [0.15, 0.2) is 0 Å². The van der Waals surface area contributed by atoms with Crippen LogP contribution in [0, 0.1) is 5.92 Å². The van der Waals surface area contributed by atoms with Crippen LogP contribution in [0.25, 0.3) is 0 Å². The van der Waals surface area contributed by atoms with E-state index in [2.05, 4.69) is 15.5 Å². The van der Waals surface area contributed by atoms with Gasteiger partial charge >= 0.3 is 5.97 Å². The van der Waals surface area contributed by atoms with Crippen molar-refractivity contribution in [2.75, 3.05) is 26.2 Å². The minimum Gasteiger partial charge on any atom is -0.480 e. The first kappa shape index (κ1) is 16.9. The van der Waals surface area contributed by atoms with E-state index in [-0.39, 0.29) is 11.8 Å². The maximum atomic E-state index is 12.4. The number of carboxylic acid groups (broad SMARTS) is 1. The molecular formula is C14H27N3O3. The van der Waals surface area contributed by atoms with Gasteiger partial charge < -0.3 is 15.7 Å². The summed E-state index contributed by atoms with van der Waals surface area (Å²) >= 11 is 0. The molecule has 0 saturated carbocycles. The molecule has 0 aromatic heterocycles. The lowest BCUT2D eigenvalue weighted by Crippen LogP contribution is -2.61. The highest BCUT2D eigenvalue weighted by Gasteiger charge is 2.37. The molecule has 6 heteroatoms. The summed E-state index contributed by atoms with van der Waals surface area (Å²) in [5.41, 5.74) is -0.688. The van der Waals surface area contributed by atoms with Crippen LogP contribution in [0.4, 0.5) is 0 Å². The Balaban J connectivity index is 2.68. The van der Waals surface area contributed by atoms with Gasteiger partial charge in [-0.1, -0.05) is 13.8 Å². The van der Waals surface area contributed by atoms with Crippen LogP contribution in [-0.4, -0.2) is 59.6 Å². The molecule has 1 fully saturated rings. The topological polar surface area (TPSA) is 81.7 Å². The number of carbonyl (C=O) groups excluding carboxylic acids is 1. The van der Waals surface area contributed by atoms with Gasteiger partial charge in [-0.15, -0.1) is 0 Å². The molecule has 0 aromatic carbocycles. The summed E-state index contributed by atoms with van der Waals surface area (Å²) in [5, 5.41) is 15.1. The molecule has 1 amide bonds. The molecule has 1 atom stereocenters. The van der Waals surface area contributed by atoms with Gasteiger partial charge in [0.25, 0.3) is 0 Å². The predicted octanol–water partition coefficient (Wildman–Crippen LogP) is 0.286. The van der Waals surface area contributed by atoms with Gasteiger partial charge in [0.1, 0.15) is 6.04 Å². The van der Waals surface area contributed by atoms with Crippen LogP contribution in [0.2, 0.25) is 0 Å². The molecule has 3 N–H and O–H groups in total. The number of nitrogens with one attached hydrogen (secondary N) is 2. The fourth-order valence-electron chi connectivity index (χ4n) is 2.40. The minimum absolute atomic E-state index is 0.215. The maximum absolute atomic E-state index is 12.4. The Kier molecular flexibility index (Phi) is 5.95. The average Bonchev–Trinajstić information content (AvgIpc) is 2.38. The smallest absolute Gasteiger partial charge is 0.326 e. The van der Waals surface area contributed by atoms with Crippen LogP contribution in [-0.2, 0) is 9.59 Å². The van der Waals surface area contributed by atoms with Crippen LogP contribution < -0.4 is 10.6 Å². The normalized spacial score (nSPS) is 18.9. The van der Waals surface area contributed by atoms with Crippen molar-refractivity contribution in [2.24, 2.45) is 5.92 Å². The van der Waals surface area contributed by atoms with Gasteiger partial charge in [-0.3, -0.25) is 9.69 Å². The molecule has 0 unspecified atom stereocenters. The van der Waals surface area contributed by atoms with E-state index in [0.29, 0.717) is 6.42 Å². The maximum Gasteiger partial charge on any atom is 0.326 e. The third-order valence-electron chi connectivity index (χ3n) is 3.77. The summed E-state index contributed by atoms with van der Waals surface area (Å²) in [5.74, 6) is -0.964. The number of carbonyl (C=O) groups is 2. The van der Waals surface area contributed by atoms with E-state index in [1.54, 1.807) is 0 Å². The van der Waals surface area contributed by atoms with Gasteiger partial charge in [0.2, 0.25) is 5.91 Å². The average molecular weight is 285 g/mol. The van der Waals surface area contributed by atoms with Gasteiger partial charge in [0.05, 0.1) is 5.54 Å². The molecular weight excluding hydrogens is 258 g/mol. The number of aliphatic carboxylic acids is 1. The van der Waals surface area contributed by atoms with E-state index in [4.69, 9.17) is 0 Å². The van der Waals surface area contributed by atoms with Crippen LogP contribution in [0.1, 0.15) is 34.1 Å². The Hall–Kier alpha value is -1.14. The third-order valence-corrected chi connectivity index (χ3v) is 3.77. The van der Waals surface area contributed by atoms with Crippen molar-refractivity contribution < 1.29 is 14.7 Å². The second-order valence-corrected chi connectivity index (χ2v) is 6.29. The quantitative estimate of drug-likeness (QED) is 0.653. The summed E-state index contributed by atoms with van der Waals surface area (Å²) in [7, 11) is 0. The summed E-state index contributed by atoms with van der Waals surface area (Å²) in [6.07, 6.45) is 0.443. The molecule has 20 heavy (non-hydrogen) atoms. The van der Waals surface area contributed by atoms with Crippen LogP contribution >= 0.6 is 0 Å².